The molecule has 0 bridgehead atoms. The van der Waals surface area contributed by atoms with E-state index in [9.17, 15) is 4.79 Å². The molecular weight excluding hydrogens is 238 g/mol. The third kappa shape index (κ3) is 4.83. The van der Waals surface area contributed by atoms with Gasteiger partial charge in [-0.2, -0.15) is 5.26 Å². The smallest absolute Gasteiger partial charge is 0.236 e. The highest BCUT2D eigenvalue weighted by Gasteiger charge is 2.32. The first-order chi connectivity index (χ1) is 9.01. The summed E-state index contributed by atoms with van der Waals surface area (Å²) < 4.78 is 0. The molecule has 1 aliphatic rings. The lowest BCUT2D eigenvalue weighted by Gasteiger charge is -2.39. The van der Waals surface area contributed by atoms with E-state index >= 15 is 0 Å². The molecule has 1 aliphatic carbocycles. The molecule has 0 unspecified atom stereocenters. The summed E-state index contributed by atoms with van der Waals surface area (Å²) in [4.78, 5) is 13.8. The first kappa shape index (κ1) is 16.0. The predicted molar refractivity (Wildman–Crippen MR) is 76.5 cm³/mol. The second-order valence-electron chi connectivity index (χ2n) is 6.05. The zero-order valence-corrected chi connectivity index (χ0v) is 12.5. The average molecular weight is 265 g/mol. The van der Waals surface area contributed by atoms with Crippen molar-refractivity contribution in [2.75, 3.05) is 19.6 Å². The second kappa shape index (κ2) is 7.49. The molecule has 1 amide bonds. The van der Waals surface area contributed by atoms with Gasteiger partial charge in [-0.25, -0.2) is 0 Å². The van der Waals surface area contributed by atoms with E-state index in [4.69, 9.17) is 5.26 Å². The number of nitriles is 1. The molecule has 0 aromatic rings. The Bertz CT molecular complexity index is 333. The van der Waals surface area contributed by atoms with E-state index in [0.717, 1.165) is 6.42 Å². The van der Waals surface area contributed by atoms with Crippen LogP contribution in [0.3, 0.4) is 0 Å². The summed E-state index contributed by atoms with van der Waals surface area (Å²) in [7, 11) is 0. The lowest BCUT2D eigenvalue weighted by molar-refractivity contribution is -0.130. The molecule has 1 N–H and O–H groups in total. The van der Waals surface area contributed by atoms with Crippen molar-refractivity contribution in [3.05, 3.63) is 0 Å². The van der Waals surface area contributed by atoms with Gasteiger partial charge in [0.2, 0.25) is 5.91 Å². The van der Waals surface area contributed by atoms with Crippen LogP contribution in [0.2, 0.25) is 0 Å². The first-order valence-corrected chi connectivity index (χ1v) is 7.39. The highest BCUT2D eigenvalue weighted by atomic mass is 16.2. The summed E-state index contributed by atoms with van der Waals surface area (Å²) >= 11 is 0. The van der Waals surface area contributed by atoms with E-state index in [1.165, 1.54) is 19.3 Å². The third-order valence-corrected chi connectivity index (χ3v) is 4.23. The molecule has 0 radical (unpaired) electrons. The molecule has 108 valence electrons. The number of nitrogens with one attached hydrogen (secondary N) is 1. The molecule has 19 heavy (non-hydrogen) atoms. The van der Waals surface area contributed by atoms with Gasteiger partial charge >= 0.3 is 0 Å². The van der Waals surface area contributed by atoms with Crippen molar-refractivity contribution in [2.24, 2.45) is 5.41 Å². The van der Waals surface area contributed by atoms with Gasteiger partial charge in [-0.15, -0.1) is 0 Å². The zero-order chi connectivity index (χ0) is 14.3. The molecule has 0 saturated heterocycles. The summed E-state index contributed by atoms with van der Waals surface area (Å²) in [5.74, 6) is 0.110. The predicted octanol–water partition coefficient (Wildman–Crippen LogP) is 2.31. The fourth-order valence-electron chi connectivity index (χ4n) is 2.84. The Morgan fingerprint density at radius 3 is 2.79 bits per heavy atom. The summed E-state index contributed by atoms with van der Waals surface area (Å²) in [5.41, 5.74) is 0.280. The number of likely N-dealkylation sites (N-methyl/N-ethyl adjacent to an activating group) is 1. The lowest BCUT2D eigenvalue weighted by Crippen LogP contribution is -2.48. The number of hydrogen-bond acceptors (Lipinski definition) is 3. The first-order valence-electron chi connectivity index (χ1n) is 7.39. The fourth-order valence-corrected chi connectivity index (χ4v) is 2.84. The van der Waals surface area contributed by atoms with E-state index in [2.05, 4.69) is 25.2 Å². The van der Waals surface area contributed by atoms with Gasteiger partial charge in [0.15, 0.2) is 0 Å². The highest BCUT2D eigenvalue weighted by Crippen LogP contribution is 2.35. The quantitative estimate of drug-likeness (QED) is 0.801. The molecule has 0 heterocycles. The molecule has 4 heteroatoms. The summed E-state index contributed by atoms with van der Waals surface area (Å²) in [6, 6.07) is 2.52. The summed E-state index contributed by atoms with van der Waals surface area (Å²) in [5, 5.41) is 12.0. The van der Waals surface area contributed by atoms with E-state index in [0.29, 0.717) is 32.1 Å². The van der Waals surface area contributed by atoms with Crippen LogP contribution in [0.5, 0.6) is 0 Å². The van der Waals surface area contributed by atoms with E-state index < -0.39 is 0 Å². The average Bonchev–Trinajstić information content (AvgIpc) is 2.38. The van der Waals surface area contributed by atoms with Crippen LogP contribution in [-0.2, 0) is 4.79 Å². The Morgan fingerprint density at radius 1 is 1.47 bits per heavy atom. The van der Waals surface area contributed by atoms with Crippen molar-refractivity contribution in [3.8, 4) is 6.07 Å². The van der Waals surface area contributed by atoms with Gasteiger partial charge in [-0.05, 0) is 25.2 Å². The van der Waals surface area contributed by atoms with Gasteiger partial charge in [0.05, 0.1) is 19.0 Å². The van der Waals surface area contributed by atoms with Gasteiger partial charge in [-0.1, -0.05) is 26.7 Å². The standard InChI is InChI=1S/C15H27N3O/c1-4-18(11-7-10-16)14(19)12-17-13-8-5-6-9-15(13,2)3/h13,17H,4-9,11-12H2,1-3H3/t13-/m0/s1. The number of nitrogens with zero attached hydrogens (tertiary/aromatic N) is 2. The number of carbonyl (C=O) groups is 1. The minimum absolute atomic E-state index is 0.110. The largest absolute Gasteiger partial charge is 0.341 e. The number of hydrogen-bond donors (Lipinski definition) is 1. The Morgan fingerprint density at radius 2 is 2.21 bits per heavy atom. The van der Waals surface area contributed by atoms with Crippen LogP contribution in [-0.4, -0.2) is 36.5 Å². The minimum atomic E-state index is 0.110. The highest BCUT2D eigenvalue weighted by molar-refractivity contribution is 5.78. The van der Waals surface area contributed by atoms with Crippen LogP contribution in [0.25, 0.3) is 0 Å². The monoisotopic (exact) mass is 265 g/mol. The number of carbonyl (C=O) groups excluding carboxylic acids is 1. The maximum Gasteiger partial charge on any atom is 0.236 e. The van der Waals surface area contributed by atoms with Gasteiger partial charge < -0.3 is 10.2 Å². The van der Waals surface area contributed by atoms with Crippen molar-refractivity contribution < 1.29 is 4.79 Å². The van der Waals surface area contributed by atoms with Crippen LogP contribution < -0.4 is 5.32 Å². The van der Waals surface area contributed by atoms with Crippen molar-refractivity contribution in [2.45, 2.75) is 58.9 Å². The van der Waals surface area contributed by atoms with Crippen LogP contribution in [0.1, 0.15) is 52.9 Å². The lowest BCUT2D eigenvalue weighted by atomic mass is 9.73. The van der Waals surface area contributed by atoms with E-state index in [1.54, 1.807) is 4.90 Å². The molecule has 0 aliphatic heterocycles. The minimum Gasteiger partial charge on any atom is -0.341 e. The van der Waals surface area contributed by atoms with Crippen molar-refractivity contribution in [1.29, 1.82) is 5.26 Å². The molecule has 4 nitrogen and oxygen atoms in total. The van der Waals surface area contributed by atoms with Gasteiger partial charge in [0, 0.05) is 19.1 Å². The van der Waals surface area contributed by atoms with Crippen LogP contribution >= 0.6 is 0 Å². The van der Waals surface area contributed by atoms with Crippen molar-refractivity contribution >= 4 is 5.91 Å². The molecule has 1 rings (SSSR count). The Balaban J connectivity index is 2.42. The Hall–Kier alpha value is -1.08. The molecule has 0 aromatic carbocycles. The second-order valence-corrected chi connectivity index (χ2v) is 6.05. The fraction of sp³-hybridized carbons (Fsp3) is 0.867. The van der Waals surface area contributed by atoms with Crippen LogP contribution in [0, 0.1) is 16.7 Å². The van der Waals surface area contributed by atoms with Crippen molar-refractivity contribution in [1.82, 2.24) is 10.2 Å². The van der Waals surface area contributed by atoms with E-state index in [-0.39, 0.29) is 11.3 Å². The molecule has 0 aromatic heterocycles. The molecule has 1 atom stereocenters. The van der Waals surface area contributed by atoms with Gasteiger partial charge in [-0.3, -0.25) is 4.79 Å². The maximum atomic E-state index is 12.1. The maximum absolute atomic E-state index is 12.1. The molecular formula is C15H27N3O. The number of rotatable bonds is 6. The SMILES string of the molecule is CCN(CCC#N)C(=O)CN[C@H]1CCCCC1(C)C. The molecule has 1 saturated carbocycles. The molecule has 0 spiro atoms. The third-order valence-electron chi connectivity index (χ3n) is 4.23. The summed E-state index contributed by atoms with van der Waals surface area (Å²) in [6.07, 6.45) is 5.34. The molecule has 1 fully saturated rings. The van der Waals surface area contributed by atoms with Gasteiger partial charge in [0.1, 0.15) is 0 Å². The van der Waals surface area contributed by atoms with Crippen LogP contribution in [0.15, 0.2) is 0 Å². The van der Waals surface area contributed by atoms with Crippen molar-refractivity contribution in [3.63, 3.8) is 0 Å². The topological polar surface area (TPSA) is 56.1 Å². The Kier molecular flexibility index (Phi) is 6.30. The summed E-state index contributed by atoms with van der Waals surface area (Å²) in [6.45, 7) is 8.13. The zero-order valence-electron chi connectivity index (χ0n) is 12.5. The van der Waals surface area contributed by atoms with E-state index in [1.807, 2.05) is 6.92 Å². The Labute approximate surface area is 117 Å². The van der Waals surface area contributed by atoms with Crippen LogP contribution in [0.4, 0.5) is 0 Å². The number of amides is 1. The normalized spacial score (nSPS) is 21.7. The van der Waals surface area contributed by atoms with Gasteiger partial charge in [0.25, 0.3) is 0 Å².